The van der Waals surface area contributed by atoms with Gasteiger partial charge in [0.15, 0.2) is 5.65 Å². The zero-order chi connectivity index (χ0) is 16.2. The van der Waals surface area contributed by atoms with Gasteiger partial charge in [0, 0.05) is 12.6 Å². The molecule has 1 aliphatic rings. The van der Waals surface area contributed by atoms with Crippen LogP contribution in [-0.4, -0.2) is 56.4 Å². The Morgan fingerprint density at radius 2 is 2.00 bits per heavy atom. The van der Waals surface area contributed by atoms with E-state index in [4.69, 9.17) is 0 Å². The number of anilines is 1. The summed E-state index contributed by atoms with van der Waals surface area (Å²) in [4.78, 5) is 22.8. The molecule has 2 aromatic heterocycles. The maximum atomic E-state index is 11.9. The zero-order valence-electron chi connectivity index (χ0n) is 14.0. The third kappa shape index (κ3) is 4.33. The summed E-state index contributed by atoms with van der Waals surface area (Å²) in [5, 5.41) is 10.7. The van der Waals surface area contributed by atoms with Crippen LogP contribution in [0, 0.1) is 0 Å². The molecule has 0 atom stereocenters. The molecule has 8 nitrogen and oxygen atoms in total. The molecule has 1 saturated heterocycles. The lowest BCUT2D eigenvalue weighted by Gasteiger charge is -2.14. The van der Waals surface area contributed by atoms with Gasteiger partial charge in [0.05, 0.1) is 18.1 Å². The van der Waals surface area contributed by atoms with Crippen LogP contribution in [0.15, 0.2) is 12.5 Å². The third-order valence-electron chi connectivity index (χ3n) is 3.91. The number of aromatic nitrogens is 4. The van der Waals surface area contributed by atoms with Crippen LogP contribution < -0.4 is 10.6 Å². The summed E-state index contributed by atoms with van der Waals surface area (Å²) < 4.78 is 1.88. The summed E-state index contributed by atoms with van der Waals surface area (Å²) in [6.45, 7) is 7.90. The molecule has 3 rings (SSSR count). The molecular formula is C15H24ClN7O. The van der Waals surface area contributed by atoms with Crippen LogP contribution in [0.4, 0.5) is 10.6 Å². The Kier molecular flexibility index (Phi) is 6.33. The highest BCUT2D eigenvalue weighted by molar-refractivity contribution is 5.97. The monoisotopic (exact) mass is 353 g/mol. The van der Waals surface area contributed by atoms with Crippen molar-refractivity contribution in [3.63, 3.8) is 0 Å². The zero-order valence-corrected chi connectivity index (χ0v) is 14.8. The van der Waals surface area contributed by atoms with Crippen molar-refractivity contribution in [2.24, 2.45) is 0 Å². The standard InChI is InChI=1S/C15H23N7O.ClH/c1-11(2)19-15(23)20-13-12-9-18-22(14(12)17-10-16-13)8-7-21-5-3-4-6-21;/h9-11H,3-8H2,1-2H3,(H2,16,17,19,20,23);1H. The predicted molar refractivity (Wildman–Crippen MR) is 95.5 cm³/mol. The Morgan fingerprint density at radius 1 is 1.25 bits per heavy atom. The molecule has 3 heterocycles. The van der Waals surface area contributed by atoms with Gasteiger partial charge in [0.1, 0.15) is 12.1 Å². The van der Waals surface area contributed by atoms with E-state index in [0.717, 1.165) is 37.2 Å². The molecule has 1 aliphatic heterocycles. The maximum Gasteiger partial charge on any atom is 0.320 e. The first-order chi connectivity index (χ1) is 11.1. The Balaban J connectivity index is 0.00000208. The molecule has 2 amide bonds. The van der Waals surface area contributed by atoms with Crippen molar-refractivity contribution in [1.29, 1.82) is 0 Å². The summed E-state index contributed by atoms with van der Waals surface area (Å²) in [6.07, 6.45) is 5.73. The number of urea groups is 1. The molecule has 0 aliphatic carbocycles. The van der Waals surface area contributed by atoms with Gasteiger partial charge in [-0.25, -0.2) is 19.4 Å². The molecule has 132 valence electrons. The van der Waals surface area contributed by atoms with Crippen LogP contribution in [-0.2, 0) is 6.54 Å². The average molecular weight is 354 g/mol. The first kappa shape index (κ1) is 18.4. The molecule has 2 aromatic rings. The molecule has 0 aromatic carbocycles. The van der Waals surface area contributed by atoms with Crippen LogP contribution in [0.3, 0.4) is 0 Å². The fourth-order valence-electron chi connectivity index (χ4n) is 2.80. The van der Waals surface area contributed by atoms with E-state index in [-0.39, 0.29) is 24.5 Å². The molecule has 0 radical (unpaired) electrons. The SMILES string of the molecule is CC(C)NC(=O)Nc1ncnc2c1cnn2CCN1CCCC1.Cl. The summed E-state index contributed by atoms with van der Waals surface area (Å²) in [5.74, 6) is 0.487. The number of carbonyl (C=O) groups excluding carboxylic acids is 1. The number of hydrogen-bond donors (Lipinski definition) is 2. The number of fused-ring (bicyclic) bond motifs is 1. The van der Waals surface area contributed by atoms with E-state index in [0.29, 0.717) is 5.82 Å². The average Bonchev–Trinajstić information content (AvgIpc) is 3.14. The Bertz CT molecular complexity index is 682. The lowest BCUT2D eigenvalue weighted by Crippen LogP contribution is -2.34. The van der Waals surface area contributed by atoms with Gasteiger partial charge in [0.25, 0.3) is 0 Å². The number of nitrogens with zero attached hydrogens (tertiary/aromatic N) is 5. The largest absolute Gasteiger partial charge is 0.336 e. The molecule has 2 N–H and O–H groups in total. The second-order valence-electron chi connectivity index (χ2n) is 6.13. The van der Waals surface area contributed by atoms with E-state index in [9.17, 15) is 4.79 Å². The second kappa shape index (κ2) is 8.25. The van der Waals surface area contributed by atoms with Gasteiger partial charge in [-0.15, -0.1) is 12.4 Å². The minimum atomic E-state index is -0.273. The van der Waals surface area contributed by atoms with Gasteiger partial charge >= 0.3 is 6.03 Å². The fourth-order valence-corrected chi connectivity index (χ4v) is 2.80. The van der Waals surface area contributed by atoms with Crippen LogP contribution >= 0.6 is 12.4 Å². The van der Waals surface area contributed by atoms with Gasteiger partial charge in [-0.05, 0) is 39.8 Å². The first-order valence-electron chi connectivity index (χ1n) is 8.10. The highest BCUT2D eigenvalue weighted by atomic mass is 35.5. The number of hydrogen-bond acceptors (Lipinski definition) is 5. The molecule has 24 heavy (non-hydrogen) atoms. The van der Waals surface area contributed by atoms with Crippen LogP contribution in [0.5, 0.6) is 0 Å². The van der Waals surface area contributed by atoms with Crippen molar-refractivity contribution in [2.45, 2.75) is 39.3 Å². The van der Waals surface area contributed by atoms with Crippen molar-refractivity contribution >= 4 is 35.3 Å². The number of carbonyl (C=O) groups is 1. The summed E-state index contributed by atoms with van der Waals surface area (Å²) in [6, 6.07) is -0.208. The molecular weight excluding hydrogens is 330 g/mol. The minimum absolute atomic E-state index is 0. The summed E-state index contributed by atoms with van der Waals surface area (Å²) in [7, 11) is 0. The molecule has 0 saturated carbocycles. The highest BCUT2D eigenvalue weighted by Gasteiger charge is 2.15. The van der Waals surface area contributed by atoms with Crippen molar-refractivity contribution in [3.8, 4) is 0 Å². The van der Waals surface area contributed by atoms with Gasteiger partial charge in [-0.3, -0.25) is 5.32 Å². The van der Waals surface area contributed by atoms with Gasteiger partial charge in [-0.2, -0.15) is 5.10 Å². The van der Waals surface area contributed by atoms with E-state index in [1.807, 2.05) is 18.5 Å². The molecule has 0 bridgehead atoms. The van der Waals surface area contributed by atoms with Crippen LogP contribution in [0.25, 0.3) is 11.0 Å². The normalized spacial score (nSPS) is 14.8. The summed E-state index contributed by atoms with van der Waals surface area (Å²) >= 11 is 0. The smallest absolute Gasteiger partial charge is 0.320 e. The number of halogens is 1. The Hall–Kier alpha value is -1.93. The lowest BCUT2D eigenvalue weighted by atomic mass is 10.4. The minimum Gasteiger partial charge on any atom is -0.336 e. The molecule has 0 unspecified atom stereocenters. The second-order valence-corrected chi connectivity index (χ2v) is 6.13. The van der Waals surface area contributed by atoms with Gasteiger partial charge in [0.2, 0.25) is 0 Å². The lowest BCUT2D eigenvalue weighted by molar-refractivity contribution is 0.250. The number of amides is 2. The van der Waals surface area contributed by atoms with Crippen molar-refractivity contribution in [3.05, 3.63) is 12.5 Å². The van der Waals surface area contributed by atoms with E-state index in [2.05, 4.69) is 30.6 Å². The van der Waals surface area contributed by atoms with Gasteiger partial charge < -0.3 is 10.2 Å². The van der Waals surface area contributed by atoms with Crippen molar-refractivity contribution in [1.82, 2.24) is 30.0 Å². The topological polar surface area (TPSA) is 88.0 Å². The summed E-state index contributed by atoms with van der Waals surface area (Å²) in [5.41, 5.74) is 0.749. The number of rotatable bonds is 5. The molecule has 1 fully saturated rings. The fraction of sp³-hybridized carbons (Fsp3) is 0.600. The van der Waals surface area contributed by atoms with E-state index in [1.165, 1.54) is 19.2 Å². The van der Waals surface area contributed by atoms with E-state index >= 15 is 0 Å². The van der Waals surface area contributed by atoms with Gasteiger partial charge in [-0.1, -0.05) is 0 Å². The van der Waals surface area contributed by atoms with Crippen molar-refractivity contribution < 1.29 is 4.79 Å². The predicted octanol–water partition coefficient (Wildman–Crippen LogP) is 1.87. The third-order valence-corrected chi connectivity index (χ3v) is 3.91. The van der Waals surface area contributed by atoms with E-state index < -0.39 is 0 Å². The van der Waals surface area contributed by atoms with Crippen LogP contribution in [0.2, 0.25) is 0 Å². The first-order valence-corrected chi connectivity index (χ1v) is 8.10. The molecule has 0 spiro atoms. The van der Waals surface area contributed by atoms with Crippen LogP contribution in [0.1, 0.15) is 26.7 Å². The number of nitrogens with one attached hydrogen (secondary N) is 2. The van der Waals surface area contributed by atoms with Crippen molar-refractivity contribution in [2.75, 3.05) is 25.0 Å². The van der Waals surface area contributed by atoms with E-state index in [1.54, 1.807) is 6.20 Å². The highest BCUT2D eigenvalue weighted by Crippen LogP contribution is 2.18. The Morgan fingerprint density at radius 3 is 2.71 bits per heavy atom. The maximum absolute atomic E-state index is 11.9. The quantitative estimate of drug-likeness (QED) is 0.856. The molecule has 9 heteroatoms. The Labute approximate surface area is 147 Å². The number of likely N-dealkylation sites (tertiary alicyclic amines) is 1.